The number of rotatable bonds is 8. The molecule has 96 valence electrons. The summed E-state index contributed by atoms with van der Waals surface area (Å²) in [5, 5.41) is 3.04. The molecule has 0 spiro atoms. The van der Waals surface area contributed by atoms with Crippen molar-refractivity contribution in [1.29, 1.82) is 0 Å². The molecule has 0 atom stereocenters. The van der Waals surface area contributed by atoms with Crippen molar-refractivity contribution in [3.05, 3.63) is 6.07 Å². The van der Waals surface area contributed by atoms with Gasteiger partial charge in [-0.3, -0.25) is 0 Å². The molecule has 8 nitrogen and oxygen atoms in total. The Bertz CT molecular complexity index is 335. The number of nitrogens with one attached hydrogen (secondary N) is 2. The third-order valence-electron chi connectivity index (χ3n) is 1.88. The van der Waals surface area contributed by atoms with Gasteiger partial charge in [-0.25, -0.2) is 5.84 Å². The molecule has 17 heavy (non-hydrogen) atoms. The fourth-order valence-electron chi connectivity index (χ4n) is 1.13. The summed E-state index contributed by atoms with van der Waals surface area (Å²) in [4.78, 5) is 7.86. The van der Waals surface area contributed by atoms with E-state index in [1.54, 1.807) is 13.2 Å². The maximum absolute atomic E-state index is 5.50. The highest BCUT2D eigenvalue weighted by Crippen LogP contribution is 2.10. The van der Waals surface area contributed by atoms with E-state index >= 15 is 0 Å². The van der Waals surface area contributed by atoms with Gasteiger partial charge < -0.3 is 25.9 Å². The summed E-state index contributed by atoms with van der Waals surface area (Å²) in [6.07, 6.45) is 0. The van der Waals surface area contributed by atoms with Gasteiger partial charge in [-0.1, -0.05) is 0 Å². The van der Waals surface area contributed by atoms with Gasteiger partial charge >= 0.3 is 0 Å². The highest BCUT2D eigenvalue weighted by Gasteiger charge is 2.00. The zero-order valence-electron chi connectivity index (χ0n) is 9.77. The second kappa shape index (κ2) is 7.60. The second-order valence-electron chi connectivity index (χ2n) is 3.17. The summed E-state index contributed by atoms with van der Waals surface area (Å²) >= 11 is 0. The van der Waals surface area contributed by atoms with Crippen LogP contribution < -0.4 is 22.3 Å². The fraction of sp³-hybridized carbons (Fsp3) is 0.556. The Hall–Kier alpha value is -1.64. The first-order valence-electron chi connectivity index (χ1n) is 5.18. The summed E-state index contributed by atoms with van der Waals surface area (Å²) in [5.74, 6) is 6.45. The molecule has 1 aromatic heterocycles. The average Bonchev–Trinajstić information content (AvgIpc) is 2.33. The minimum atomic E-state index is 0.156. The van der Waals surface area contributed by atoms with Crippen molar-refractivity contribution in [2.24, 2.45) is 5.84 Å². The average molecular weight is 242 g/mol. The van der Waals surface area contributed by atoms with Gasteiger partial charge in [0.25, 0.3) is 0 Å². The van der Waals surface area contributed by atoms with Crippen molar-refractivity contribution < 1.29 is 9.47 Å². The number of aromatic nitrogens is 2. The van der Waals surface area contributed by atoms with Crippen LogP contribution >= 0.6 is 0 Å². The Morgan fingerprint density at radius 3 is 2.71 bits per heavy atom. The summed E-state index contributed by atoms with van der Waals surface area (Å²) in [7, 11) is 1.63. The van der Waals surface area contributed by atoms with Crippen LogP contribution in [0.3, 0.4) is 0 Å². The Balaban J connectivity index is 2.28. The van der Waals surface area contributed by atoms with E-state index in [9.17, 15) is 0 Å². The minimum absolute atomic E-state index is 0.156. The van der Waals surface area contributed by atoms with Crippen LogP contribution in [0, 0.1) is 0 Å². The topological polar surface area (TPSA) is 120 Å². The summed E-state index contributed by atoms with van der Waals surface area (Å²) in [5.41, 5.74) is 7.91. The van der Waals surface area contributed by atoms with E-state index in [1.807, 2.05) is 0 Å². The monoisotopic (exact) mass is 242 g/mol. The molecule has 0 aliphatic carbocycles. The lowest BCUT2D eigenvalue weighted by molar-refractivity contribution is 0.0759. The molecule has 1 heterocycles. The molecule has 0 aliphatic heterocycles. The molecule has 0 aromatic carbocycles. The van der Waals surface area contributed by atoms with Crippen molar-refractivity contribution in [3.8, 4) is 0 Å². The number of nitrogens with zero attached hydrogens (tertiary/aromatic N) is 2. The van der Waals surface area contributed by atoms with Crippen molar-refractivity contribution in [2.75, 3.05) is 50.0 Å². The van der Waals surface area contributed by atoms with Crippen LogP contribution in [0.4, 0.5) is 17.6 Å². The maximum Gasteiger partial charge on any atom is 0.223 e. The fourth-order valence-corrected chi connectivity index (χ4v) is 1.13. The number of methoxy groups -OCH3 is 1. The molecule has 0 aliphatic rings. The van der Waals surface area contributed by atoms with Crippen LogP contribution in [-0.4, -0.2) is 43.4 Å². The van der Waals surface area contributed by atoms with Crippen LogP contribution in [0.5, 0.6) is 0 Å². The molecule has 0 bridgehead atoms. The second-order valence-corrected chi connectivity index (χ2v) is 3.17. The van der Waals surface area contributed by atoms with Crippen LogP contribution in [0.25, 0.3) is 0 Å². The Kier molecular flexibility index (Phi) is 6.00. The van der Waals surface area contributed by atoms with Gasteiger partial charge in [-0.15, -0.1) is 0 Å². The zero-order chi connectivity index (χ0) is 12.5. The number of anilines is 3. The summed E-state index contributed by atoms with van der Waals surface area (Å²) < 4.78 is 10.1. The van der Waals surface area contributed by atoms with Gasteiger partial charge in [0.05, 0.1) is 19.8 Å². The SMILES string of the molecule is COCCOCCNc1cc(NN)nc(N)n1. The summed E-state index contributed by atoms with van der Waals surface area (Å²) in [6, 6.07) is 1.66. The predicted octanol–water partition coefficient (Wildman–Crippen LogP) is -0.581. The van der Waals surface area contributed by atoms with Crippen molar-refractivity contribution in [1.82, 2.24) is 9.97 Å². The largest absolute Gasteiger partial charge is 0.382 e. The van der Waals surface area contributed by atoms with Gasteiger partial charge in [-0.05, 0) is 0 Å². The lowest BCUT2D eigenvalue weighted by atomic mass is 10.5. The number of nitrogens with two attached hydrogens (primary N) is 2. The molecule has 1 rings (SSSR count). The number of hydrogen-bond acceptors (Lipinski definition) is 8. The van der Waals surface area contributed by atoms with E-state index in [1.165, 1.54) is 0 Å². The Morgan fingerprint density at radius 2 is 2.00 bits per heavy atom. The standard InChI is InChI=1S/C9H18N6O2/c1-16-4-5-17-3-2-12-7-6-8(15-11)14-9(10)13-7/h6H,2-5,11H2,1H3,(H4,10,12,13,14,15). The molecule has 0 saturated heterocycles. The normalized spacial score (nSPS) is 10.2. The van der Waals surface area contributed by atoms with Crippen LogP contribution in [0.15, 0.2) is 6.07 Å². The minimum Gasteiger partial charge on any atom is -0.382 e. The highest BCUT2D eigenvalue weighted by molar-refractivity contribution is 5.50. The van der Waals surface area contributed by atoms with Gasteiger partial charge in [0, 0.05) is 19.7 Å². The third kappa shape index (κ3) is 5.29. The van der Waals surface area contributed by atoms with E-state index in [-0.39, 0.29) is 5.95 Å². The highest BCUT2D eigenvalue weighted by atomic mass is 16.5. The Labute approximate surface area is 99.7 Å². The van der Waals surface area contributed by atoms with E-state index in [2.05, 4.69) is 20.7 Å². The lowest BCUT2D eigenvalue weighted by Crippen LogP contribution is -2.15. The molecule has 0 radical (unpaired) electrons. The third-order valence-corrected chi connectivity index (χ3v) is 1.88. The lowest BCUT2D eigenvalue weighted by Gasteiger charge is -2.08. The molecule has 0 unspecified atom stereocenters. The molecule has 0 saturated carbocycles. The molecular weight excluding hydrogens is 224 g/mol. The Morgan fingerprint density at radius 1 is 1.24 bits per heavy atom. The van der Waals surface area contributed by atoms with Crippen molar-refractivity contribution in [3.63, 3.8) is 0 Å². The van der Waals surface area contributed by atoms with Gasteiger partial charge in [0.2, 0.25) is 5.95 Å². The van der Waals surface area contributed by atoms with E-state index in [0.717, 1.165) is 0 Å². The van der Waals surface area contributed by atoms with Crippen LogP contribution in [0.1, 0.15) is 0 Å². The van der Waals surface area contributed by atoms with Gasteiger partial charge in [0.15, 0.2) is 0 Å². The van der Waals surface area contributed by atoms with Crippen LogP contribution in [0.2, 0.25) is 0 Å². The predicted molar refractivity (Wildman–Crippen MR) is 65.4 cm³/mol. The maximum atomic E-state index is 5.50. The molecule has 8 heteroatoms. The number of hydrogen-bond donors (Lipinski definition) is 4. The van der Waals surface area contributed by atoms with Gasteiger partial charge in [0.1, 0.15) is 11.6 Å². The number of ether oxygens (including phenoxy) is 2. The number of hydrazine groups is 1. The first kappa shape index (κ1) is 13.4. The molecule has 0 fully saturated rings. The molecule has 0 amide bonds. The van der Waals surface area contributed by atoms with Crippen molar-refractivity contribution >= 4 is 17.6 Å². The number of nitrogen functional groups attached to an aromatic ring is 2. The van der Waals surface area contributed by atoms with E-state index in [4.69, 9.17) is 21.1 Å². The molecule has 6 N–H and O–H groups in total. The van der Waals surface area contributed by atoms with E-state index in [0.29, 0.717) is 38.0 Å². The molecule has 1 aromatic rings. The van der Waals surface area contributed by atoms with Crippen LogP contribution in [-0.2, 0) is 9.47 Å². The smallest absolute Gasteiger partial charge is 0.223 e. The first-order valence-corrected chi connectivity index (χ1v) is 5.18. The van der Waals surface area contributed by atoms with Crippen molar-refractivity contribution in [2.45, 2.75) is 0 Å². The first-order chi connectivity index (χ1) is 8.26. The quantitative estimate of drug-likeness (QED) is 0.271. The van der Waals surface area contributed by atoms with Gasteiger partial charge in [-0.2, -0.15) is 9.97 Å². The van der Waals surface area contributed by atoms with E-state index < -0.39 is 0 Å². The molecular formula is C9H18N6O2. The summed E-state index contributed by atoms with van der Waals surface area (Å²) in [6.45, 7) is 2.32. The zero-order valence-corrected chi connectivity index (χ0v) is 9.77.